The Balaban J connectivity index is 1.76. The van der Waals surface area contributed by atoms with Crippen molar-refractivity contribution in [2.45, 2.75) is 4.90 Å². The van der Waals surface area contributed by atoms with Crippen LogP contribution in [0.4, 0.5) is 8.78 Å². The zero-order valence-corrected chi connectivity index (χ0v) is 16.7. The van der Waals surface area contributed by atoms with E-state index in [0.29, 0.717) is 17.1 Å². The van der Waals surface area contributed by atoms with E-state index in [4.69, 9.17) is 9.47 Å². The highest BCUT2D eigenvalue weighted by Gasteiger charge is 2.34. The Morgan fingerprint density at radius 2 is 1.59 bits per heavy atom. The van der Waals surface area contributed by atoms with E-state index < -0.39 is 26.6 Å². The average Bonchev–Trinajstić information content (AvgIpc) is 2.72. The zero-order chi connectivity index (χ0) is 21.2. The van der Waals surface area contributed by atoms with Crippen LogP contribution < -0.4 is 9.47 Å². The lowest BCUT2D eigenvalue weighted by Crippen LogP contribution is -2.50. The predicted octanol–water partition coefficient (Wildman–Crippen LogP) is 2.13. The lowest BCUT2D eigenvalue weighted by molar-refractivity contribution is 0.0694. The van der Waals surface area contributed by atoms with Crippen molar-refractivity contribution in [3.63, 3.8) is 0 Å². The van der Waals surface area contributed by atoms with Gasteiger partial charge in [-0.1, -0.05) is 6.07 Å². The fourth-order valence-electron chi connectivity index (χ4n) is 3.14. The van der Waals surface area contributed by atoms with Gasteiger partial charge in [-0.25, -0.2) is 17.2 Å². The molecular weight excluding hydrogens is 406 g/mol. The third kappa shape index (κ3) is 4.03. The molecule has 1 saturated heterocycles. The van der Waals surface area contributed by atoms with Crippen LogP contribution in [0.25, 0.3) is 0 Å². The third-order valence-electron chi connectivity index (χ3n) is 4.68. The van der Waals surface area contributed by atoms with Gasteiger partial charge in [0.2, 0.25) is 10.0 Å². The Kier molecular flexibility index (Phi) is 6.04. The molecule has 1 heterocycles. The summed E-state index contributed by atoms with van der Waals surface area (Å²) in [7, 11) is -1.43. The van der Waals surface area contributed by atoms with Gasteiger partial charge >= 0.3 is 0 Å². The van der Waals surface area contributed by atoms with E-state index in [2.05, 4.69) is 0 Å². The van der Waals surface area contributed by atoms with Gasteiger partial charge in [-0.15, -0.1) is 0 Å². The molecule has 0 radical (unpaired) electrons. The van der Waals surface area contributed by atoms with Crippen LogP contribution in [0.2, 0.25) is 0 Å². The molecule has 2 aromatic carbocycles. The minimum atomic E-state index is -4.35. The molecule has 29 heavy (non-hydrogen) atoms. The molecule has 0 unspecified atom stereocenters. The first-order valence-corrected chi connectivity index (χ1v) is 10.2. The van der Waals surface area contributed by atoms with Gasteiger partial charge in [0.25, 0.3) is 5.91 Å². The van der Waals surface area contributed by atoms with E-state index in [0.717, 1.165) is 22.5 Å². The number of piperazine rings is 1. The first kappa shape index (κ1) is 21.0. The number of halogens is 2. The number of nitrogens with zero attached hydrogens (tertiary/aromatic N) is 2. The molecule has 0 bridgehead atoms. The maximum absolute atomic E-state index is 13.9. The van der Waals surface area contributed by atoms with Crippen molar-refractivity contribution < 1.29 is 31.5 Å². The van der Waals surface area contributed by atoms with E-state index in [9.17, 15) is 22.0 Å². The maximum atomic E-state index is 13.9. The van der Waals surface area contributed by atoms with Crippen molar-refractivity contribution in [3.05, 3.63) is 53.6 Å². The van der Waals surface area contributed by atoms with Crippen LogP contribution >= 0.6 is 0 Å². The summed E-state index contributed by atoms with van der Waals surface area (Å²) in [6, 6.07) is 7.66. The summed E-state index contributed by atoms with van der Waals surface area (Å²) < 4.78 is 64.5. The Labute approximate surface area is 167 Å². The topological polar surface area (TPSA) is 76.2 Å². The molecule has 0 N–H and O–H groups in total. The standard InChI is InChI=1S/C19H20F2N2O5S/c1-27-13-6-7-14(17(12-13)28-2)19(24)22-8-10-23(11-9-22)29(25,26)18-15(20)4-3-5-16(18)21/h3-7,12H,8-11H2,1-2H3. The molecule has 1 fully saturated rings. The largest absolute Gasteiger partial charge is 0.497 e. The van der Waals surface area contributed by atoms with Crippen LogP contribution in [0.3, 0.4) is 0 Å². The van der Waals surface area contributed by atoms with E-state index in [-0.39, 0.29) is 32.1 Å². The Hall–Kier alpha value is -2.72. The maximum Gasteiger partial charge on any atom is 0.257 e. The van der Waals surface area contributed by atoms with E-state index >= 15 is 0 Å². The average molecular weight is 426 g/mol. The molecule has 1 aliphatic heterocycles. The van der Waals surface area contributed by atoms with Crippen molar-refractivity contribution in [2.24, 2.45) is 0 Å². The van der Waals surface area contributed by atoms with Crippen LogP contribution in [-0.4, -0.2) is 63.9 Å². The van der Waals surface area contributed by atoms with Crippen LogP contribution in [0.15, 0.2) is 41.3 Å². The van der Waals surface area contributed by atoms with E-state index in [1.165, 1.54) is 19.1 Å². The summed E-state index contributed by atoms with van der Waals surface area (Å²) in [6.45, 7) is -0.0206. The number of amides is 1. The molecule has 2 aromatic rings. The molecule has 1 amide bonds. The highest BCUT2D eigenvalue weighted by molar-refractivity contribution is 7.89. The number of carbonyl (C=O) groups excluding carboxylic acids is 1. The summed E-state index contributed by atoms with van der Waals surface area (Å²) in [5.74, 6) is -1.77. The molecule has 1 aliphatic rings. The highest BCUT2D eigenvalue weighted by Crippen LogP contribution is 2.27. The summed E-state index contributed by atoms with van der Waals surface area (Å²) in [6.07, 6.45) is 0. The van der Waals surface area contributed by atoms with Crippen molar-refractivity contribution in [3.8, 4) is 11.5 Å². The summed E-state index contributed by atoms with van der Waals surface area (Å²) in [5.41, 5.74) is 0.310. The van der Waals surface area contributed by atoms with Gasteiger partial charge in [-0.05, 0) is 24.3 Å². The second-order valence-corrected chi connectivity index (χ2v) is 8.19. The first-order valence-electron chi connectivity index (χ1n) is 8.75. The Morgan fingerprint density at radius 3 is 2.14 bits per heavy atom. The van der Waals surface area contributed by atoms with Crippen LogP contribution in [0.5, 0.6) is 11.5 Å². The second kappa shape index (κ2) is 8.34. The smallest absolute Gasteiger partial charge is 0.257 e. The predicted molar refractivity (Wildman–Crippen MR) is 101 cm³/mol. The molecule has 0 spiro atoms. The summed E-state index contributed by atoms with van der Waals surface area (Å²) in [4.78, 5) is 13.3. The third-order valence-corrected chi connectivity index (χ3v) is 6.63. The van der Waals surface area contributed by atoms with Gasteiger partial charge in [-0.2, -0.15) is 4.31 Å². The molecule has 156 valence electrons. The molecular formula is C19H20F2N2O5S. The van der Waals surface area contributed by atoms with Crippen LogP contribution in [0, 0.1) is 11.6 Å². The fraction of sp³-hybridized carbons (Fsp3) is 0.316. The lowest BCUT2D eigenvalue weighted by atomic mass is 10.1. The van der Waals surface area contributed by atoms with E-state index in [1.54, 1.807) is 18.2 Å². The quantitative estimate of drug-likeness (QED) is 0.732. The number of sulfonamides is 1. The second-order valence-electron chi connectivity index (χ2n) is 6.31. The summed E-state index contributed by atoms with van der Waals surface area (Å²) >= 11 is 0. The minimum absolute atomic E-state index is 0.0727. The van der Waals surface area contributed by atoms with Gasteiger partial charge in [0.15, 0.2) is 4.90 Å². The molecule has 0 atom stereocenters. The van der Waals surface area contributed by atoms with Crippen LogP contribution in [-0.2, 0) is 10.0 Å². The number of hydrogen-bond acceptors (Lipinski definition) is 5. The Morgan fingerprint density at radius 1 is 0.966 bits per heavy atom. The molecule has 7 nitrogen and oxygen atoms in total. The SMILES string of the molecule is COc1ccc(C(=O)N2CCN(S(=O)(=O)c3c(F)cccc3F)CC2)c(OC)c1. The number of benzene rings is 2. The van der Waals surface area contributed by atoms with E-state index in [1.807, 2.05) is 0 Å². The molecule has 0 aromatic heterocycles. The number of ether oxygens (including phenoxy) is 2. The number of carbonyl (C=O) groups is 1. The first-order chi connectivity index (χ1) is 13.8. The van der Waals surface area contributed by atoms with Gasteiger partial charge in [0.1, 0.15) is 23.1 Å². The molecule has 0 aliphatic carbocycles. The van der Waals surface area contributed by atoms with Gasteiger partial charge in [0, 0.05) is 32.2 Å². The highest BCUT2D eigenvalue weighted by atomic mass is 32.2. The fourth-order valence-corrected chi connectivity index (χ4v) is 4.67. The van der Waals surface area contributed by atoms with Crippen molar-refractivity contribution in [1.82, 2.24) is 9.21 Å². The van der Waals surface area contributed by atoms with Crippen molar-refractivity contribution in [2.75, 3.05) is 40.4 Å². The van der Waals surface area contributed by atoms with Gasteiger partial charge < -0.3 is 14.4 Å². The number of methoxy groups -OCH3 is 2. The molecule has 3 rings (SSSR count). The normalized spacial score (nSPS) is 15.2. The number of rotatable bonds is 5. The van der Waals surface area contributed by atoms with Crippen molar-refractivity contribution in [1.29, 1.82) is 0 Å². The monoisotopic (exact) mass is 426 g/mol. The minimum Gasteiger partial charge on any atom is -0.497 e. The molecule has 0 saturated carbocycles. The lowest BCUT2D eigenvalue weighted by Gasteiger charge is -2.34. The number of hydrogen-bond donors (Lipinski definition) is 0. The Bertz CT molecular complexity index is 1000. The van der Waals surface area contributed by atoms with Gasteiger partial charge in [-0.3, -0.25) is 4.79 Å². The van der Waals surface area contributed by atoms with Gasteiger partial charge in [0.05, 0.1) is 19.8 Å². The van der Waals surface area contributed by atoms with Crippen LogP contribution in [0.1, 0.15) is 10.4 Å². The summed E-state index contributed by atoms with van der Waals surface area (Å²) in [5, 5.41) is 0. The van der Waals surface area contributed by atoms with Crippen molar-refractivity contribution >= 4 is 15.9 Å². The molecule has 10 heteroatoms. The zero-order valence-electron chi connectivity index (χ0n) is 15.9.